The zero-order valence-corrected chi connectivity index (χ0v) is 19.4. The summed E-state index contributed by atoms with van der Waals surface area (Å²) >= 11 is 2.84. The van der Waals surface area contributed by atoms with Crippen LogP contribution in [0.5, 0.6) is 0 Å². The molecule has 31 heavy (non-hydrogen) atoms. The molecule has 2 aromatic rings. The number of thiophene rings is 2. The standard InChI is InChI=1S/C23H29N3O3S2/c1-16-6-2-3-11-26(16)23(29)20(24-21(27)18-7-4-14-30-18)17-9-12-25(13-10-17)22(28)19-8-5-15-31-19/h4-5,7-8,14-17,20H,2-3,6,9-13H2,1H3,(H,24,27)/t16-,20-/m0/s1. The number of carbonyl (C=O) groups is 3. The van der Waals surface area contributed by atoms with Crippen LogP contribution < -0.4 is 5.32 Å². The Balaban J connectivity index is 1.47. The zero-order valence-electron chi connectivity index (χ0n) is 17.8. The van der Waals surface area contributed by atoms with Gasteiger partial charge in [0, 0.05) is 25.7 Å². The molecule has 2 aromatic heterocycles. The first-order valence-corrected chi connectivity index (χ1v) is 12.8. The molecule has 0 bridgehead atoms. The van der Waals surface area contributed by atoms with Gasteiger partial charge < -0.3 is 15.1 Å². The Labute approximate surface area is 191 Å². The van der Waals surface area contributed by atoms with E-state index in [1.54, 1.807) is 6.07 Å². The summed E-state index contributed by atoms with van der Waals surface area (Å²) < 4.78 is 0. The number of likely N-dealkylation sites (tertiary alicyclic amines) is 2. The summed E-state index contributed by atoms with van der Waals surface area (Å²) in [7, 11) is 0. The Hall–Kier alpha value is -2.19. The highest BCUT2D eigenvalue weighted by Crippen LogP contribution is 2.27. The summed E-state index contributed by atoms with van der Waals surface area (Å²) in [4.78, 5) is 44.2. The number of rotatable bonds is 5. The highest BCUT2D eigenvalue weighted by molar-refractivity contribution is 7.12. The van der Waals surface area contributed by atoms with Gasteiger partial charge in [0.2, 0.25) is 5.91 Å². The van der Waals surface area contributed by atoms with Crippen molar-refractivity contribution >= 4 is 40.4 Å². The summed E-state index contributed by atoms with van der Waals surface area (Å²) in [6.45, 7) is 4.06. The molecule has 0 saturated carbocycles. The van der Waals surface area contributed by atoms with Crippen molar-refractivity contribution in [1.82, 2.24) is 15.1 Å². The Morgan fingerprint density at radius 3 is 2.26 bits per heavy atom. The lowest BCUT2D eigenvalue weighted by atomic mass is 9.87. The lowest BCUT2D eigenvalue weighted by Crippen LogP contribution is -2.57. The summed E-state index contributed by atoms with van der Waals surface area (Å²) in [6, 6.07) is 7.02. The Bertz CT molecular complexity index is 889. The molecule has 8 heteroatoms. The topological polar surface area (TPSA) is 69.7 Å². The second-order valence-electron chi connectivity index (χ2n) is 8.41. The van der Waals surface area contributed by atoms with Gasteiger partial charge in [-0.1, -0.05) is 12.1 Å². The van der Waals surface area contributed by atoms with Crippen LogP contribution >= 0.6 is 22.7 Å². The minimum absolute atomic E-state index is 0.0259. The third kappa shape index (κ3) is 5.01. The maximum absolute atomic E-state index is 13.6. The number of piperidine rings is 2. The van der Waals surface area contributed by atoms with E-state index in [0.717, 1.165) is 30.7 Å². The lowest BCUT2D eigenvalue weighted by Gasteiger charge is -2.40. The predicted molar refractivity (Wildman–Crippen MR) is 124 cm³/mol. The van der Waals surface area contributed by atoms with E-state index in [-0.39, 0.29) is 29.7 Å². The number of nitrogens with zero attached hydrogens (tertiary/aromatic N) is 2. The van der Waals surface area contributed by atoms with Gasteiger partial charge in [0.1, 0.15) is 6.04 Å². The van der Waals surface area contributed by atoms with Crippen LogP contribution in [-0.2, 0) is 4.79 Å². The number of hydrogen-bond donors (Lipinski definition) is 1. The second-order valence-corrected chi connectivity index (χ2v) is 10.3. The number of nitrogens with one attached hydrogen (secondary N) is 1. The van der Waals surface area contributed by atoms with Crippen molar-refractivity contribution in [2.45, 2.75) is 51.1 Å². The van der Waals surface area contributed by atoms with Gasteiger partial charge in [-0.15, -0.1) is 22.7 Å². The van der Waals surface area contributed by atoms with Gasteiger partial charge in [0.15, 0.2) is 0 Å². The third-order valence-corrected chi connectivity index (χ3v) is 8.14. The summed E-state index contributed by atoms with van der Waals surface area (Å²) in [5.74, 6) is -0.0724. The molecule has 4 rings (SSSR count). The van der Waals surface area contributed by atoms with E-state index in [9.17, 15) is 14.4 Å². The molecule has 2 fully saturated rings. The van der Waals surface area contributed by atoms with Gasteiger partial charge in [-0.05, 0) is 67.8 Å². The maximum atomic E-state index is 13.6. The lowest BCUT2D eigenvalue weighted by molar-refractivity contribution is -0.138. The van der Waals surface area contributed by atoms with Crippen LogP contribution in [0.1, 0.15) is 58.4 Å². The van der Waals surface area contributed by atoms with Crippen molar-refractivity contribution in [3.63, 3.8) is 0 Å². The van der Waals surface area contributed by atoms with Crippen LogP contribution in [-0.4, -0.2) is 59.2 Å². The van der Waals surface area contributed by atoms with Gasteiger partial charge in [-0.25, -0.2) is 0 Å². The fourth-order valence-electron chi connectivity index (χ4n) is 4.60. The Morgan fingerprint density at radius 1 is 0.968 bits per heavy atom. The highest BCUT2D eigenvalue weighted by Gasteiger charge is 2.38. The molecule has 3 amide bonds. The van der Waals surface area contributed by atoms with Gasteiger partial charge in [-0.2, -0.15) is 0 Å². The molecule has 0 aliphatic carbocycles. The molecule has 0 aromatic carbocycles. The van der Waals surface area contributed by atoms with Gasteiger partial charge in [-0.3, -0.25) is 14.4 Å². The van der Waals surface area contributed by atoms with E-state index >= 15 is 0 Å². The average molecular weight is 460 g/mol. The second kappa shape index (κ2) is 9.96. The van der Waals surface area contributed by atoms with Crippen molar-refractivity contribution < 1.29 is 14.4 Å². The molecular weight excluding hydrogens is 430 g/mol. The molecule has 2 atom stereocenters. The van der Waals surface area contributed by atoms with E-state index in [0.29, 0.717) is 30.8 Å². The summed E-state index contributed by atoms with van der Waals surface area (Å²) in [5.41, 5.74) is 0. The van der Waals surface area contributed by atoms with E-state index in [1.807, 2.05) is 38.8 Å². The Kier molecular flexibility index (Phi) is 7.07. The van der Waals surface area contributed by atoms with Crippen molar-refractivity contribution in [2.24, 2.45) is 5.92 Å². The summed E-state index contributed by atoms with van der Waals surface area (Å²) in [6.07, 6.45) is 4.57. The van der Waals surface area contributed by atoms with Crippen molar-refractivity contribution in [3.05, 3.63) is 44.8 Å². The number of amides is 3. The van der Waals surface area contributed by atoms with Crippen molar-refractivity contribution in [1.29, 1.82) is 0 Å². The molecule has 166 valence electrons. The van der Waals surface area contributed by atoms with Crippen molar-refractivity contribution in [2.75, 3.05) is 19.6 Å². The molecule has 2 saturated heterocycles. The van der Waals surface area contributed by atoms with Gasteiger partial charge in [0.25, 0.3) is 11.8 Å². The van der Waals surface area contributed by atoms with Crippen LogP contribution in [0.15, 0.2) is 35.0 Å². The SMILES string of the molecule is C[C@H]1CCCCN1C(=O)[C@@H](NC(=O)c1cccs1)C1CCN(C(=O)c2cccs2)CC1. The van der Waals surface area contributed by atoms with Crippen LogP contribution in [0.25, 0.3) is 0 Å². The van der Waals surface area contributed by atoms with Crippen molar-refractivity contribution in [3.8, 4) is 0 Å². The molecule has 2 aliphatic heterocycles. The van der Waals surface area contributed by atoms with Crippen LogP contribution in [0.3, 0.4) is 0 Å². The first-order valence-electron chi connectivity index (χ1n) is 11.0. The molecular formula is C23H29N3O3S2. The average Bonchev–Trinajstić information content (AvgIpc) is 3.51. The normalized spacial score (nSPS) is 21.0. The fourth-order valence-corrected chi connectivity index (χ4v) is 5.92. The molecule has 1 N–H and O–H groups in total. The number of carbonyl (C=O) groups excluding carboxylic acids is 3. The largest absolute Gasteiger partial charge is 0.339 e. The summed E-state index contributed by atoms with van der Waals surface area (Å²) in [5, 5.41) is 6.84. The fraction of sp³-hybridized carbons (Fsp3) is 0.522. The highest BCUT2D eigenvalue weighted by atomic mass is 32.1. The van der Waals surface area contributed by atoms with E-state index in [2.05, 4.69) is 12.2 Å². The predicted octanol–water partition coefficient (Wildman–Crippen LogP) is 3.86. The van der Waals surface area contributed by atoms with E-state index < -0.39 is 6.04 Å². The molecule has 4 heterocycles. The molecule has 6 nitrogen and oxygen atoms in total. The minimum atomic E-state index is -0.547. The van der Waals surface area contributed by atoms with E-state index in [4.69, 9.17) is 0 Å². The first kappa shape index (κ1) is 22.0. The first-order chi connectivity index (χ1) is 15.0. The molecule has 0 unspecified atom stereocenters. The zero-order chi connectivity index (χ0) is 21.8. The van der Waals surface area contributed by atoms with Gasteiger partial charge >= 0.3 is 0 Å². The monoisotopic (exact) mass is 459 g/mol. The molecule has 2 aliphatic rings. The number of hydrogen-bond acceptors (Lipinski definition) is 5. The third-order valence-electron chi connectivity index (χ3n) is 6.41. The van der Waals surface area contributed by atoms with Crippen LogP contribution in [0, 0.1) is 5.92 Å². The van der Waals surface area contributed by atoms with E-state index in [1.165, 1.54) is 22.7 Å². The molecule has 0 radical (unpaired) electrons. The Morgan fingerprint density at radius 2 is 1.65 bits per heavy atom. The smallest absolute Gasteiger partial charge is 0.263 e. The quantitative estimate of drug-likeness (QED) is 0.738. The minimum Gasteiger partial charge on any atom is -0.339 e. The molecule has 0 spiro atoms. The van der Waals surface area contributed by atoms with Crippen LogP contribution in [0.2, 0.25) is 0 Å². The van der Waals surface area contributed by atoms with Gasteiger partial charge in [0.05, 0.1) is 9.75 Å². The maximum Gasteiger partial charge on any atom is 0.263 e. The van der Waals surface area contributed by atoms with Crippen LogP contribution in [0.4, 0.5) is 0 Å².